The van der Waals surface area contributed by atoms with Crippen LogP contribution in [-0.2, 0) is 0 Å². The monoisotopic (exact) mass is 316 g/mol. The summed E-state index contributed by atoms with van der Waals surface area (Å²) in [7, 11) is 3.27. The van der Waals surface area contributed by atoms with E-state index in [0.717, 1.165) is 37.7 Å². The first kappa shape index (κ1) is 14.4. The molecule has 0 saturated carbocycles. The molecule has 0 saturated heterocycles. The van der Waals surface area contributed by atoms with Crippen LogP contribution in [-0.4, -0.2) is 24.2 Å². The zero-order valence-corrected chi connectivity index (χ0v) is 13.3. The minimum absolute atomic E-state index is 0.176. The summed E-state index contributed by atoms with van der Waals surface area (Å²) in [6.07, 6.45) is 0. The maximum absolute atomic E-state index is 6.00. The lowest BCUT2D eigenvalue weighted by molar-refractivity contribution is 0.404. The van der Waals surface area contributed by atoms with E-state index in [1.54, 1.807) is 14.2 Å². The highest BCUT2D eigenvalue weighted by Crippen LogP contribution is 2.43. The lowest BCUT2D eigenvalue weighted by Gasteiger charge is -2.10. The van der Waals surface area contributed by atoms with Crippen molar-refractivity contribution in [2.75, 3.05) is 25.7 Å². The fourth-order valence-electron chi connectivity index (χ4n) is 2.44. The van der Waals surface area contributed by atoms with E-state index in [2.05, 4.69) is 9.97 Å². The number of aromatic nitrogens is 2. The number of hydrogen-bond donors (Lipinski definition) is 2. The number of benzene rings is 1. The minimum Gasteiger partial charge on any atom is -0.497 e. The van der Waals surface area contributed by atoms with Crippen LogP contribution in [0.1, 0.15) is 5.56 Å². The molecule has 0 unspecified atom stereocenters. The third-order valence-electron chi connectivity index (χ3n) is 3.49. The Balaban J connectivity index is 2.31. The summed E-state index contributed by atoms with van der Waals surface area (Å²) in [4.78, 5) is 10.1. The number of methoxy groups -OCH3 is 2. The van der Waals surface area contributed by atoms with Gasteiger partial charge in [-0.3, -0.25) is 0 Å². The summed E-state index contributed by atoms with van der Waals surface area (Å²) < 4.78 is 10.8. The summed E-state index contributed by atoms with van der Waals surface area (Å²) in [5.74, 6) is 2.08. The molecule has 0 radical (unpaired) electrons. The Labute approximate surface area is 131 Å². The van der Waals surface area contributed by atoms with Gasteiger partial charge < -0.3 is 20.9 Å². The average molecular weight is 316 g/mol. The van der Waals surface area contributed by atoms with E-state index in [1.165, 1.54) is 11.3 Å². The minimum atomic E-state index is 0.176. The quantitative estimate of drug-likeness (QED) is 0.771. The predicted molar refractivity (Wildman–Crippen MR) is 89.5 cm³/mol. The number of nitrogens with two attached hydrogens (primary N) is 2. The van der Waals surface area contributed by atoms with E-state index >= 15 is 0 Å². The van der Waals surface area contributed by atoms with Crippen LogP contribution < -0.4 is 20.9 Å². The number of hydrogen-bond acceptors (Lipinski definition) is 7. The van der Waals surface area contributed by atoms with Crippen molar-refractivity contribution in [3.05, 3.63) is 23.8 Å². The van der Waals surface area contributed by atoms with Gasteiger partial charge in [-0.1, -0.05) is 0 Å². The normalized spacial score (nSPS) is 10.9. The van der Waals surface area contributed by atoms with Gasteiger partial charge in [0.1, 0.15) is 22.1 Å². The molecule has 2 aromatic heterocycles. The molecule has 3 aromatic rings. The number of ether oxygens (including phenoxy) is 2. The molecule has 0 atom stereocenters. The van der Waals surface area contributed by atoms with E-state index in [1.807, 2.05) is 25.1 Å². The molecule has 0 fully saturated rings. The molecule has 2 heterocycles. The average Bonchev–Trinajstić information content (AvgIpc) is 2.83. The number of fused-ring (bicyclic) bond motifs is 1. The van der Waals surface area contributed by atoms with Crippen LogP contribution in [0.3, 0.4) is 0 Å². The fraction of sp³-hybridized carbons (Fsp3) is 0.200. The highest BCUT2D eigenvalue weighted by Gasteiger charge is 2.18. The highest BCUT2D eigenvalue weighted by molar-refractivity contribution is 7.22. The van der Waals surface area contributed by atoms with Gasteiger partial charge >= 0.3 is 0 Å². The molecule has 0 aliphatic rings. The Kier molecular flexibility index (Phi) is 3.50. The number of aryl methyl sites for hydroxylation is 1. The fourth-order valence-corrected chi connectivity index (χ4v) is 3.65. The number of thiophene rings is 1. The molecular formula is C15H16N4O2S. The first-order chi connectivity index (χ1) is 10.5. The van der Waals surface area contributed by atoms with Crippen molar-refractivity contribution in [1.29, 1.82) is 0 Å². The van der Waals surface area contributed by atoms with E-state index in [4.69, 9.17) is 20.9 Å². The second-order valence-electron chi connectivity index (χ2n) is 4.77. The SMILES string of the molecule is COc1ccc(OC)c(-c2sc3nc(N)nc(N)c3c2C)c1. The lowest BCUT2D eigenvalue weighted by atomic mass is 10.1. The Morgan fingerprint density at radius 2 is 1.86 bits per heavy atom. The molecule has 114 valence electrons. The van der Waals surface area contributed by atoms with Gasteiger partial charge in [-0.15, -0.1) is 11.3 Å². The van der Waals surface area contributed by atoms with Crippen LogP contribution >= 0.6 is 11.3 Å². The number of rotatable bonds is 3. The van der Waals surface area contributed by atoms with Crippen LogP contribution in [0.2, 0.25) is 0 Å². The van der Waals surface area contributed by atoms with Gasteiger partial charge in [0.05, 0.1) is 19.6 Å². The van der Waals surface area contributed by atoms with E-state index in [0.29, 0.717) is 5.82 Å². The third-order valence-corrected chi connectivity index (χ3v) is 4.71. The van der Waals surface area contributed by atoms with E-state index in [9.17, 15) is 0 Å². The molecule has 0 spiro atoms. The number of nitrogens with zero attached hydrogens (tertiary/aromatic N) is 2. The van der Waals surface area contributed by atoms with Crippen LogP contribution in [0.5, 0.6) is 11.5 Å². The first-order valence-corrected chi connectivity index (χ1v) is 7.41. The van der Waals surface area contributed by atoms with Crippen molar-refractivity contribution in [2.24, 2.45) is 0 Å². The second-order valence-corrected chi connectivity index (χ2v) is 5.77. The standard InChI is InChI=1S/C15H16N4O2S/c1-7-11-13(16)18-15(17)19-14(11)22-12(7)9-6-8(20-2)4-5-10(9)21-3/h4-6H,1-3H3,(H4,16,17,18,19). The maximum Gasteiger partial charge on any atom is 0.223 e. The van der Waals surface area contributed by atoms with Gasteiger partial charge in [0, 0.05) is 10.4 Å². The maximum atomic E-state index is 6.00. The number of nitrogen functional groups attached to an aromatic ring is 2. The van der Waals surface area contributed by atoms with Gasteiger partial charge in [0.15, 0.2) is 0 Å². The van der Waals surface area contributed by atoms with E-state index < -0.39 is 0 Å². The number of anilines is 2. The summed E-state index contributed by atoms with van der Waals surface area (Å²) in [5.41, 5.74) is 13.6. The zero-order valence-electron chi connectivity index (χ0n) is 12.5. The summed E-state index contributed by atoms with van der Waals surface area (Å²) >= 11 is 1.51. The summed E-state index contributed by atoms with van der Waals surface area (Å²) in [6.45, 7) is 1.99. The van der Waals surface area contributed by atoms with Crippen molar-refractivity contribution in [3.8, 4) is 21.9 Å². The summed E-state index contributed by atoms with van der Waals surface area (Å²) in [5, 5.41) is 0.832. The molecule has 3 rings (SSSR count). The molecule has 0 bridgehead atoms. The molecule has 6 nitrogen and oxygen atoms in total. The van der Waals surface area contributed by atoms with Gasteiger partial charge in [0.25, 0.3) is 0 Å². The van der Waals surface area contributed by atoms with Crippen LogP contribution in [0.25, 0.3) is 20.7 Å². The lowest BCUT2D eigenvalue weighted by Crippen LogP contribution is -1.99. The molecule has 7 heteroatoms. The summed E-state index contributed by atoms with van der Waals surface area (Å²) in [6, 6.07) is 5.67. The Bertz CT molecular complexity index is 860. The highest BCUT2D eigenvalue weighted by atomic mass is 32.1. The van der Waals surface area contributed by atoms with Gasteiger partial charge in [-0.2, -0.15) is 4.98 Å². The molecule has 4 N–H and O–H groups in total. The molecule has 0 aliphatic heterocycles. The van der Waals surface area contributed by atoms with Crippen molar-refractivity contribution in [1.82, 2.24) is 9.97 Å². The largest absolute Gasteiger partial charge is 0.497 e. The van der Waals surface area contributed by atoms with Crippen molar-refractivity contribution in [2.45, 2.75) is 6.92 Å². The molecule has 0 amide bonds. The van der Waals surface area contributed by atoms with E-state index in [-0.39, 0.29) is 5.95 Å². The Morgan fingerprint density at radius 1 is 1.09 bits per heavy atom. The Hall–Kier alpha value is -2.54. The smallest absolute Gasteiger partial charge is 0.223 e. The zero-order chi connectivity index (χ0) is 15.9. The molecule has 1 aromatic carbocycles. The van der Waals surface area contributed by atoms with Crippen molar-refractivity contribution >= 4 is 33.3 Å². The van der Waals surface area contributed by atoms with Crippen LogP contribution in [0, 0.1) is 6.92 Å². The molecule has 22 heavy (non-hydrogen) atoms. The van der Waals surface area contributed by atoms with Crippen molar-refractivity contribution in [3.63, 3.8) is 0 Å². The topological polar surface area (TPSA) is 96.3 Å². The van der Waals surface area contributed by atoms with Gasteiger partial charge in [-0.25, -0.2) is 4.98 Å². The second kappa shape index (κ2) is 5.34. The van der Waals surface area contributed by atoms with Crippen LogP contribution in [0.15, 0.2) is 18.2 Å². The van der Waals surface area contributed by atoms with Gasteiger partial charge in [-0.05, 0) is 30.7 Å². The Morgan fingerprint density at radius 3 is 2.55 bits per heavy atom. The first-order valence-electron chi connectivity index (χ1n) is 6.59. The van der Waals surface area contributed by atoms with Crippen molar-refractivity contribution < 1.29 is 9.47 Å². The molecule has 0 aliphatic carbocycles. The van der Waals surface area contributed by atoms with Crippen LogP contribution in [0.4, 0.5) is 11.8 Å². The van der Waals surface area contributed by atoms with Gasteiger partial charge in [0.2, 0.25) is 5.95 Å². The molecular weight excluding hydrogens is 300 g/mol. The third kappa shape index (κ3) is 2.19. The predicted octanol–water partition coefficient (Wildman–Crippen LogP) is 2.85.